The number of unbranched alkanes of at least 4 members (excludes halogenated alkanes) is 3. The van der Waals surface area contributed by atoms with Crippen LogP contribution >= 0.6 is 11.6 Å². The van der Waals surface area contributed by atoms with E-state index in [4.69, 9.17) is 11.6 Å². The molecule has 2 atom stereocenters. The summed E-state index contributed by atoms with van der Waals surface area (Å²) in [5.74, 6) is 0.548. The van der Waals surface area contributed by atoms with Crippen molar-refractivity contribution >= 4 is 11.6 Å². The summed E-state index contributed by atoms with van der Waals surface area (Å²) in [6.45, 7) is 6.95. The number of nitrogens with one attached hydrogen (secondary N) is 1. The van der Waals surface area contributed by atoms with Gasteiger partial charge in [0.2, 0.25) is 0 Å². The van der Waals surface area contributed by atoms with Crippen molar-refractivity contribution in [3.05, 3.63) is 34.9 Å². The summed E-state index contributed by atoms with van der Waals surface area (Å²) in [5, 5.41) is 4.49. The summed E-state index contributed by atoms with van der Waals surface area (Å²) in [6, 6.07) is 8.39. The normalized spacial score (nSPS) is 26.6. The van der Waals surface area contributed by atoms with E-state index in [1.807, 2.05) is 12.1 Å². The molecule has 2 rings (SSSR count). The van der Waals surface area contributed by atoms with E-state index in [9.17, 15) is 0 Å². The molecule has 2 heteroatoms. The summed E-state index contributed by atoms with van der Waals surface area (Å²) < 4.78 is 0. The van der Waals surface area contributed by atoms with Crippen molar-refractivity contribution in [1.29, 1.82) is 0 Å². The van der Waals surface area contributed by atoms with Crippen LogP contribution in [0, 0.1) is 5.41 Å². The molecule has 1 aliphatic rings. The lowest BCUT2D eigenvalue weighted by molar-refractivity contribution is 0.167. The minimum Gasteiger partial charge on any atom is -0.316 e. The molecule has 0 radical (unpaired) electrons. The highest BCUT2D eigenvalue weighted by Gasteiger charge is 2.37. The van der Waals surface area contributed by atoms with E-state index in [2.05, 4.69) is 31.3 Å². The molecule has 1 heterocycles. The number of hydrogen-bond acceptors (Lipinski definition) is 1. The van der Waals surface area contributed by atoms with Gasteiger partial charge in [-0.05, 0) is 36.4 Å². The smallest absolute Gasteiger partial charge is 0.0441 e. The Labute approximate surface area is 129 Å². The largest absolute Gasteiger partial charge is 0.316 e. The third kappa shape index (κ3) is 3.77. The first kappa shape index (κ1) is 15.9. The van der Waals surface area contributed by atoms with Crippen molar-refractivity contribution in [2.45, 2.75) is 58.3 Å². The summed E-state index contributed by atoms with van der Waals surface area (Å²) in [6.07, 6.45) is 7.98. The first-order valence-electron chi connectivity index (χ1n) is 8.12. The molecule has 0 bridgehead atoms. The minimum atomic E-state index is 0.393. The summed E-state index contributed by atoms with van der Waals surface area (Å²) in [4.78, 5) is 0. The Kier molecular flexibility index (Phi) is 5.92. The van der Waals surface area contributed by atoms with Crippen LogP contribution in [-0.4, -0.2) is 13.1 Å². The fourth-order valence-corrected chi connectivity index (χ4v) is 3.81. The average Bonchev–Trinajstić information content (AvgIpc) is 2.45. The third-order valence-corrected chi connectivity index (χ3v) is 5.29. The lowest BCUT2D eigenvalue weighted by Gasteiger charge is -2.43. The van der Waals surface area contributed by atoms with Gasteiger partial charge in [-0.3, -0.25) is 0 Å². The number of benzene rings is 1. The second-order valence-corrected chi connectivity index (χ2v) is 6.90. The van der Waals surface area contributed by atoms with Crippen LogP contribution in [0.3, 0.4) is 0 Å². The van der Waals surface area contributed by atoms with Gasteiger partial charge < -0.3 is 5.32 Å². The van der Waals surface area contributed by atoms with E-state index >= 15 is 0 Å². The minimum absolute atomic E-state index is 0.393. The fourth-order valence-electron chi connectivity index (χ4n) is 3.54. The second kappa shape index (κ2) is 7.47. The van der Waals surface area contributed by atoms with Crippen LogP contribution in [0.1, 0.15) is 63.9 Å². The van der Waals surface area contributed by atoms with Gasteiger partial charge in [-0.25, -0.2) is 0 Å². The second-order valence-electron chi connectivity index (χ2n) is 6.49. The van der Waals surface area contributed by atoms with E-state index < -0.39 is 0 Å². The van der Waals surface area contributed by atoms with Crippen LogP contribution in [-0.2, 0) is 0 Å². The van der Waals surface area contributed by atoms with Gasteiger partial charge in [0.15, 0.2) is 0 Å². The maximum atomic E-state index is 6.44. The van der Waals surface area contributed by atoms with E-state index in [0.717, 1.165) is 18.1 Å². The van der Waals surface area contributed by atoms with Gasteiger partial charge in [0.1, 0.15) is 0 Å². The van der Waals surface area contributed by atoms with Crippen LogP contribution in [0.5, 0.6) is 0 Å². The van der Waals surface area contributed by atoms with Gasteiger partial charge in [-0.2, -0.15) is 0 Å². The Balaban J connectivity index is 2.10. The standard InChI is InChI=1S/C18H28ClN/c1-3-4-5-8-11-18(2)12-13-20-14-16(18)15-9-6-7-10-17(15)19/h6-7,9-10,16,20H,3-5,8,11-14H2,1-2H3. The topological polar surface area (TPSA) is 12.0 Å². The number of hydrogen-bond donors (Lipinski definition) is 1. The monoisotopic (exact) mass is 293 g/mol. The Hall–Kier alpha value is -0.530. The fraction of sp³-hybridized carbons (Fsp3) is 0.667. The molecular formula is C18H28ClN. The van der Waals surface area contributed by atoms with Gasteiger partial charge in [-0.15, -0.1) is 0 Å². The molecule has 1 N–H and O–H groups in total. The molecule has 0 aromatic heterocycles. The van der Waals surface area contributed by atoms with Crippen LogP contribution in [0.25, 0.3) is 0 Å². The maximum Gasteiger partial charge on any atom is 0.0441 e. The van der Waals surface area contributed by atoms with Gasteiger partial charge in [0.05, 0.1) is 0 Å². The van der Waals surface area contributed by atoms with Crippen LogP contribution in [0.4, 0.5) is 0 Å². The summed E-state index contributed by atoms with van der Waals surface area (Å²) in [7, 11) is 0. The van der Waals surface area contributed by atoms with Crippen molar-refractivity contribution in [3.63, 3.8) is 0 Å². The van der Waals surface area contributed by atoms with Crippen molar-refractivity contribution in [3.8, 4) is 0 Å². The highest BCUT2D eigenvalue weighted by Crippen LogP contribution is 2.46. The van der Waals surface area contributed by atoms with E-state index in [1.54, 1.807) is 0 Å². The highest BCUT2D eigenvalue weighted by molar-refractivity contribution is 6.31. The molecule has 0 saturated carbocycles. The summed E-state index contributed by atoms with van der Waals surface area (Å²) in [5.41, 5.74) is 1.73. The van der Waals surface area contributed by atoms with E-state index in [0.29, 0.717) is 11.3 Å². The average molecular weight is 294 g/mol. The SMILES string of the molecule is CCCCCCC1(C)CCNCC1c1ccccc1Cl. The highest BCUT2D eigenvalue weighted by atomic mass is 35.5. The van der Waals surface area contributed by atoms with Crippen molar-refractivity contribution in [2.75, 3.05) is 13.1 Å². The Morgan fingerprint density at radius 2 is 2.05 bits per heavy atom. The Morgan fingerprint density at radius 3 is 2.80 bits per heavy atom. The quantitative estimate of drug-likeness (QED) is 0.693. The maximum absolute atomic E-state index is 6.44. The summed E-state index contributed by atoms with van der Waals surface area (Å²) >= 11 is 6.44. The molecule has 0 spiro atoms. The number of piperidine rings is 1. The Bertz CT molecular complexity index is 418. The molecular weight excluding hydrogens is 266 g/mol. The molecule has 2 unspecified atom stereocenters. The molecule has 20 heavy (non-hydrogen) atoms. The molecule has 1 saturated heterocycles. The Morgan fingerprint density at radius 1 is 1.25 bits per heavy atom. The van der Waals surface area contributed by atoms with Crippen molar-refractivity contribution in [2.24, 2.45) is 5.41 Å². The molecule has 1 fully saturated rings. The molecule has 112 valence electrons. The predicted molar refractivity (Wildman–Crippen MR) is 88.5 cm³/mol. The van der Waals surface area contributed by atoms with Crippen LogP contribution < -0.4 is 5.32 Å². The molecule has 1 aliphatic heterocycles. The molecule has 0 amide bonds. The first-order valence-corrected chi connectivity index (χ1v) is 8.50. The van der Waals surface area contributed by atoms with Gasteiger partial charge in [0.25, 0.3) is 0 Å². The zero-order chi connectivity index (χ0) is 14.4. The van der Waals surface area contributed by atoms with Gasteiger partial charge >= 0.3 is 0 Å². The van der Waals surface area contributed by atoms with Crippen molar-refractivity contribution < 1.29 is 0 Å². The molecule has 1 aromatic carbocycles. The third-order valence-electron chi connectivity index (χ3n) is 4.94. The molecule has 0 aliphatic carbocycles. The van der Waals surface area contributed by atoms with E-state index in [-0.39, 0.29) is 0 Å². The van der Waals surface area contributed by atoms with Crippen molar-refractivity contribution in [1.82, 2.24) is 5.32 Å². The van der Waals surface area contributed by atoms with Gasteiger partial charge in [0, 0.05) is 17.5 Å². The number of rotatable bonds is 6. The zero-order valence-electron chi connectivity index (χ0n) is 12.9. The molecule has 1 nitrogen and oxygen atoms in total. The van der Waals surface area contributed by atoms with Crippen LogP contribution in [0.2, 0.25) is 5.02 Å². The van der Waals surface area contributed by atoms with Gasteiger partial charge in [-0.1, -0.05) is 69.3 Å². The lowest BCUT2D eigenvalue weighted by atomic mass is 9.66. The molecule has 1 aromatic rings. The zero-order valence-corrected chi connectivity index (χ0v) is 13.7. The lowest BCUT2D eigenvalue weighted by Crippen LogP contribution is -2.42. The predicted octanol–water partition coefficient (Wildman–Crippen LogP) is 5.39. The number of halogens is 1. The van der Waals surface area contributed by atoms with E-state index in [1.165, 1.54) is 44.1 Å². The van der Waals surface area contributed by atoms with Crippen LogP contribution in [0.15, 0.2) is 24.3 Å². The first-order chi connectivity index (χ1) is 9.67.